The fourth-order valence-electron chi connectivity index (χ4n) is 8.50. The topological polar surface area (TPSA) is 110 Å². The van der Waals surface area contributed by atoms with Crippen LogP contribution < -0.4 is 5.32 Å². The van der Waals surface area contributed by atoms with Gasteiger partial charge in [0.15, 0.2) is 0 Å². The Kier molecular flexibility index (Phi) is 49.3. The molecule has 0 rings (SSSR count). The molecule has 0 aromatic carbocycles. The van der Waals surface area contributed by atoms with E-state index in [-0.39, 0.29) is 0 Å². The zero-order valence-corrected chi connectivity index (χ0v) is 41.4. The number of hydrogen-bond acceptors (Lipinski definition) is 5. The molecule has 5 N–H and O–H groups in total. The van der Waals surface area contributed by atoms with Gasteiger partial charge in [0, 0.05) is 0 Å². The van der Waals surface area contributed by atoms with Crippen molar-refractivity contribution >= 4 is 5.91 Å². The summed E-state index contributed by atoms with van der Waals surface area (Å²) >= 11 is 0. The van der Waals surface area contributed by atoms with Crippen LogP contribution in [0.15, 0.2) is 36.5 Å². The summed E-state index contributed by atoms with van der Waals surface area (Å²) in [6, 6.07) is -1.00. The number of carbonyl (C=O) groups excluding carboxylic acids is 1. The highest BCUT2D eigenvalue weighted by Gasteiger charge is 2.28. The van der Waals surface area contributed by atoms with Gasteiger partial charge in [0.05, 0.1) is 18.8 Å². The van der Waals surface area contributed by atoms with Crippen molar-refractivity contribution in [1.82, 2.24) is 5.32 Å². The number of rotatable bonds is 50. The zero-order chi connectivity index (χ0) is 45.2. The molecule has 0 saturated heterocycles. The van der Waals surface area contributed by atoms with Crippen LogP contribution in [0.5, 0.6) is 0 Å². The highest BCUT2D eigenvalue weighted by atomic mass is 16.3. The maximum atomic E-state index is 12.6. The monoisotopic (exact) mass is 874 g/mol. The molecule has 0 aromatic rings. The third kappa shape index (κ3) is 43.8. The van der Waals surface area contributed by atoms with Gasteiger partial charge in [-0.05, 0) is 70.6 Å². The molecular formula is C56H107NO5. The minimum atomic E-state index is -1.28. The van der Waals surface area contributed by atoms with Crippen molar-refractivity contribution in [2.24, 2.45) is 0 Å². The van der Waals surface area contributed by atoms with E-state index >= 15 is 0 Å². The van der Waals surface area contributed by atoms with Crippen molar-refractivity contribution in [3.05, 3.63) is 36.5 Å². The Labute approximate surface area is 386 Å². The summed E-state index contributed by atoms with van der Waals surface area (Å²) in [7, 11) is 0. The highest BCUT2D eigenvalue weighted by Crippen LogP contribution is 2.17. The maximum absolute atomic E-state index is 12.6. The predicted molar refractivity (Wildman–Crippen MR) is 270 cm³/mol. The van der Waals surface area contributed by atoms with Gasteiger partial charge in [-0.15, -0.1) is 0 Å². The number of nitrogens with one attached hydrogen (secondary N) is 1. The van der Waals surface area contributed by atoms with E-state index in [1.807, 2.05) is 0 Å². The van der Waals surface area contributed by atoms with Crippen LogP contribution in [0.2, 0.25) is 0 Å². The lowest BCUT2D eigenvalue weighted by Gasteiger charge is -2.27. The van der Waals surface area contributed by atoms with Gasteiger partial charge >= 0.3 is 0 Å². The molecule has 366 valence electrons. The Morgan fingerprint density at radius 3 is 1.06 bits per heavy atom. The van der Waals surface area contributed by atoms with Gasteiger partial charge in [-0.3, -0.25) is 4.79 Å². The average Bonchev–Trinajstić information content (AvgIpc) is 3.28. The zero-order valence-electron chi connectivity index (χ0n) is 41.4. The van der Waals surface area contributed by atoms with Gasteiger partial charge < -0.3 is 25.7 Å². The number of allylic oxidation sites excluding steroid dienone is 6. The van der Waals surface area contributed by atoms with Gasteiger partial charge in [0.2, 0.25) is 5.91 Å². The SMILES string of the molecule is CCCCCCCCCCC/C=C\C/C=C\CCCCCCCCCCCCCCC(O)C(=O)NC(CO)C(O)C(O)CCC/C=C/CCCCCCCCCCCCCCC. The number of carbonyl (C=O) groups is 1. The van der Waals surface area contributed by atoms with Gasteiger partial charge in [-0.1, -0.05) is 249 Å². The molecule has 0 spiro atoms. The first-order valence-corrected chi connectivity index (χ1v) is 27.4. The standard InChI is InChI=1S/C56H107NO5/c1-3-5-7-9-11-13-15-17-19-21-23-24-25-26-27-28-29-30-31-32-34-36-38-40-42-44-46-48-50-54(60)56(62)57-52(51-58)55(61)53(59)49-47-45-43-41-39-37-35-33-22-20-18-16-14-12-10-8-6-4-2/h23-24,26-27,41,43,52-55,58-61H,3-22,25,28-40,42,44-51H2,1-2H3,(H,57,62)/b24-23-,27-26-,43-41+. The van der Waals surface area contributed by atoms with Crippen molar-refractivity contribution in [2.45, 2.75) is 308 Å². The summed E-state index contributed by atoms with van der Waals surface area (Å²) in [4.78, 5) is 12.6. The number of aliphatic hydroxyl groups is 4. The van der Waals surface area contributed by atoms with Gasteiger partial charge in [0.1, 0.15) is 12.2 Å². The van der Waals surface area contributed by atoms with Crippen LogP contribution in [-0.2, 0) is 4.79 Å². The molecule has 0 heterocycles. The second-order valence-corrected chi connectivity index (χ2v) is 18.9. The Balaban J connectivity index is 3.66. The molecule has 0 aliphatic rings. The Morgan fingerprint density at radius 1 is 0.403 bits per heavy atom. The molecule has 6 heteroatoms. The quantitative estimate of drug-likeness (QED) is 0.0309. The lowest BCUT2D eigenvalue weighted by molar-refractivity contribution is -0.132. The number of hydrogen-bond donors (Lipinski definition) is 5. The second-order valence-electron chi connectivity index (χ2n) is 18.9. The second kappa shape index (κ2) is 50.5. The molecule has 6 nitrogen and oxygen atoms in total. The fourth-order valence-corrected chi connectivity index (χ4v) is 8.50. The summed E-state index contributed by atoms with van der Waals surface area (Å²) in [5.41, 5.74) is 0. The van der Waals surface area contributed by atoms with Gasteiger partial charge in [-0.2, -0.15) is 0 Å². The van der Waals surface area contributed by atoms with Crippen LogP contribution in [0, 0.1) is 0 Å². The number of amides is 1. The van der Waals surface area contributed by atoms with Crippen molar-refractivity contribution in [3.8, 4) is 0 Å². The van der Waals surface area contributed by atoms with E-state index in [0.29, 0.717) is 12.8 Å². The van der Waals surface area contributed by atoms with E-state index < -0.39 is 36.9 Å². The van der Waals surface area contributed by atoms with Crippen LogP contribution in [0.25, 0.3) is 0 Å². The van der Waals surface area contributed by atoms with E-state index in [9.17, 15) is 25.2 Å². The van der Waals surface area contributed by atoms with Crippen molar-refractivity contribution in [2.75, 3.05) is 6.61 Å². The molecule has 0 saturated carbocycles. The Morgan fingerprint density at radius 2 is 0.710 bits per heavy atom. The minimum Gasteiger partial charge on any atom is -0.394 e. The average molecular weight is 874 g/mol. The van der Waals surface area contributed by atoms with E-state index in [1.54, 1.807) is 0 Å². The third-order valence-electron chi connectivity index (χ3n) is 12.8. The first kappa shape index (κ1) is 60.5. The molecule has 0 aliphatic heterocycles. The van der Waals surface area contributed by atoms with Gasteiger partial charge in [-0.25, -0.2) is 0 Å². The summed E-state index contributed by atoms with van der Waals surface area (Å²) in [5.74, 6) is -0.592. The largest absolute Gasteiger partial charge is 0.394 e. The van der Waals surface area contributed by atoms with Gasteiger partial charge in [0.25, 0.3) is 0 Å². The van der Waals surface area contributed by atoms with Crippen LogP contribution in [0.4, 0.5) is 0 Å². The molecule has 0 aliphatic carbocycles. The molecular weight excluding hydrogens is 767 g/mol. The molecule has 1 amide bonds. The van der Waals surface area contributed by atoms with Crippen molar-refractivity contribution in [1.29, 1.82) is 0 Å². The molecule has 0 aromatic heterocycles. The summed E-state index contributed by atoms with van der Waals surface area (Å²) in [6.07, 6.45) is 62.1. The molecule has 4 unspecified atom stereocenters. The lowest BCUT2D eigenvalue weighted by Crippen LogP contribution is -2.53. The molecule has 62 heavy (non-hydrogen) atoms. The highest BCUT2D eigenvalue weighted by molar-refractivity contribution is 5.80. The number of aliphatic hydroxyl groups excluding tert-OH is 4. The minimum absolute atomic E-state index is 0.362. The van der Waals surface area contributed by atoms with Crippen LogP contribution in [0.3, 0.4) is 0 Å². The Hall–Kier alpha value is -1.47. The summed E-state index contributed by atoms with van der Waals surface area (Å²) in [6.45, 7) is 4.06. The van der Waals surface area contributed by atoms with Crippen LogP contribution >= 0.6 is 0 Å². The molecule has 0 fully saturated rings. The van der Waals surface area contributed by atoms with E-state index in [4.69, 9.17) is 0 Å². The van der Waals surface area contributed by atoms with Crippen LogP contribution in [-0.4, -0.2) is 57.3 Å². The number of unbranched alkanes of at least 4 members (excludes halogenated alkanes) is 35. The maximum Gasteiger partial charge on any atom is 0.249 e. The molecule has 4 atom stereocenters. The smallest absolute Gasteiger partial charge is 0.249 e. The van der Waals surface area contributed by atoms with E-state index in [2.05, 4.69) is 55.6 Å². The normalized spacial score (nSPS) is 14.1. The van der Waals surface area contributed by atoms with Crippen molar-refractivity contribution < 1.29 is 25.2 Å². The third-order valence-corrected chi connectivity index (χ3v) is 12.8. The van der Waals surface area contributed by atoms with Crippen LogP contribution in [0.1, 0.15) is 284 Å². The summed E-state index contributed by atoms with van der Waals surface area (Å²) in [5, 5.41) is 43.9. The fraction of sp³-hybridized carbons (Fsp3) is 0.875. The molecule has 0 bridgehead atoms. The summed E-state index contributed by atoms with van der Waals surface area (Å²) < 4.78 is 0. The molecule has 0 radical (unpaired) electrons. The predicted octanol–water partition coefficient (Wildman–Crippen LogP) is 15.6. The first-order valence-electron chi connectivity index (χ1n) is 27.4. The lowest BCUT2D eigenvalue weighted by atomic mass is 10.00. The first-order chi connectivity index (χ1) is 30.5. The van der Waals surface area contributed by atoms with Crippen molar-refractivity contribution in [3.63, 3.8) is 0 Å². The van der Waals surface area contributed by atoms with E-state index in [1.165, 1.54) is 212 Å². The Bertz CT molecular complexity index is 981. The van der Waals surface area contributed by atoms with E-state index in [0.717, 1.165) is 44.9 Å².